The summed E-state index contributed by atoms with van der Waals surface area (Å²) in [5.74, 6) is 1.74. The van der Waals surface area contributed by atoms with Crippen molar-refractivity contribution in [1.29, 1.82) is 0 Å². The molecular formula is C19H36N2. The van der Waals surface area contributed by atoms with Crippen molar-refractivity contribution in [2.24, 2.45) is 11.8 Å². The Bertz CT molecular complexity index is 303. The average molecular weight is 293 g/mol. The van der Waals surface area contributed by atoms with Gasteiger partial charge < -0.3 is 5.32 Å². The van der Waals surface area contributed by atoms with Crippen molar-refractivity contribution >= 4 is 0 Å². The van der Waals surface area contributed by atoms with Crippen molar-refractivity contribution in [2.45, 2.75) is 96.2 Å². The Morgan fingerprint density at radius 2 is 1.48 bits per heavy atom. The Balaban J connectivity index is 1.69. The van der Waals surface area contributed by atoms with Crippen LogP contribution in [-0.2, 0) is 0 Å². The highest BCUT2D eigenvalue weighted by Gasteiger charge is 2.38. The molecule has 2 aliphatic carbocycles. The zero-order chi connectivity index (χ0) is 14.7. The Morgan fingerprint density at radius 3 is 2.10 bits per heavy atom. The average Bonchev–Trinajstić information content (AvgIpc) is 2.56. The van der Waals surface area contributed by atoms with E-state index in [9.17, 15) is 0 Å². The minimum atomic E-state index is 0.715. The van der Waals surface area contributed by atoms with Crippen LogP contribution < -0.4 is 5.32 Å². The molecule has 1 heterocycles. The zero-order valence-electron chi connectivity index (χ0n) is 14.3. The van der Waals surface area contributed by atoms with Crippen molar-refractivity contribution in [3.8, 4) is 0 Å². The molecule has 3 aliphatic rings. The molecule has 0 radical (unpaired) electrons. The number of nitrogens with one attached hydrogen (secondary N) is 1. The number of piperazine rings is 1. The minimum absolute atomic E-state index is 0.715. The van der Waals surface area contributed by atoms with Crippen molar-refractivity contribution in [1.82, 2.24) is 10.2 Å². The van der Waals surface area contributed by atoms with Gasteiger partial charge in [0.1, 0.15) is 0 Å². The molecule has 0 aromatic heterocycles. The summed E-state index contributed by atoms with van der Waals surface area (Å²) in [6.45, 7) is 7.34. The molecule has 3 fully saturated rings. The summed E-state index contributed by atoms with van der Waals surface area (Å²) in [6.07, 6.45) is 14.8. The topological polar surface area (TPSA) is 15.3 Å². The van der Waals surface area contributed by atoms with Crippen molar-refractivity contribution < 1.29 is 0 Å². The van der Waals surface area contributed by atoms with Crippen LogP contribution in [0.1, 0.15) is 78.1 Å². The van der Waals surface area contributed by atoms with Gasteiger partial charge in [0.05, 0.1) is 0 Å². The maximum absolute atomic E-state index is 3.89. The van der Waals surface area contributed by atoms with Crippen LogP contribution in [0.2, 0.25) is 0 Å². The van der Waals surface area contributed by atoms with E-state index in [1.54, 1.807) is 0 Å². The Hall–Kier alpha value is -0.0800. The lowest BCUT2D eigenvalue weighted by atomic mass is 9.80. The van der Waals surface area contributed by atoms with E-state index in [4.69, 9.17) is 0 Å². The number of rotatable bonds is 3. The second-order valence-electron chi connectivity index (χ2n) is 8.21. The summed E-state index contributed by atoms with van der Waals surface area (Å²) in [6, 6.07) is 2.45. The van der Waals surface area contributed by atoms with Crippen molar-refractivity contribution in [3.63, 3.8) is 0 Å². The van der Waals surface area contributed by atoms with Crippen LogP contribution in [0.5, 0.6) is 0 Å². The van der Waals surface area contributed by atoms with Gasteiger partial charge in [-0.2, -0.15) is 0 Å². The highest BCUT2D eigenvalue weighted by atomic mass is 15.3. The standard InChI is InChI=1S/C19H36N2/c1-15(2)18-14-21(17-11-7-4-8-12-17)19(13-20-18)16-9-5-3-6-10-16/h15-20H,3-14H2,1-2H3. The molecule has 1 N–H and O–H groups in total. The van der Waals surface area contributed by atoms with Crippen LogP contribution in [0, 0.1) is 11.8 Å². The second kappa shape index (κ2) is 7.46. The van der Waals surface area contributed by atoms with Crippen LogP contribution in [0.3, 0.4) is 0 Å². The zero-order valence-corrected chi connectivity index (χ0v) is 14.3. The summed E-state index contributed by atoms with van der Waals surface area (Å²) in [5, 5.41) is 3.89. The van der Waals surface area contributed by atoms with E-state index in [1.165, 1.54) is 77.3 Å². The van der Waals surface area contributed by atoms with Gasteiger partial charge >= 0.3 is 0 Å². The number of nitrogens with zero attached hydrogens (tertiary/aromatic N) is 1. The van der Waals surface area contributed by atoms with E-state index in [0.29, 0.717) is 6.04 Å². The van der Waals surface area contributed by atoms with Gasteiger partial charge in [-0.15, -0.1) is 0 Å². The Kier molecular flexibility index (Phi) is 5.61. The lowest BCUT2D eigenvalue weighted by molar-refractivity contribution is 0.0142. The van der Waals surface area contributed by atoms with Gasteiger partial charge in [-0.1, -0.05) is 52.4 Å². The summed E-state index contributed by atoms with van der Waals surface area (Å²) in [4.78, 5) is 2.98. The fourth-order valence-electron chi connectivity index (χ4n) is 5.05. The van der Waals surface area contributed by atoms with Crippen LogP contribution in [0.15, 0.2) is 0 Å². The van der Waals surface area contributed by atoms with Crippen LogP contribution >= 0.6 is 0 Å². The summed E-state index contributed by atoms with van der Waals surface area (Å²) in [7, 11) is 0. The van der Waals surface area contributed by atoms with Crippen LogP contribution in [-0.4, -0.2) is 36.1 Å². The highest BCUT2D eigenvalue weighted by Crippen LogP contribution is 2.34. The molecule has 0 spiro atoms. The molecule has 1 aliphatic heterocycles. The molecule has 2 saturated carbocycles. The summed E-state index contributed by atoms with van der Waals surface area (Å²) >= 11 is 0. The second-order valence-corrected chi connectivity index (χ2v) is 8.21. The molecule has 21 heavy (non-hydrogen) atoms. The molecule has 0 aromatic carbocycles. The van der Waals surface area contributed by atoms with E-state index in [1.807, 2.05) is 0 Å². The minimum Gasteiger partial charge on any atom is -0.311 e. The first-order chi connectivity index (χ1) is 10.3. The number of hydrogen-bond donors (Lipinski definition) is 1. The third-order valence-electron chi connectivity index (χ3n) is 6.47. The summed E-state index contributed by atoms with van der Waals surface area (Å²) < 4.78 is 0. The smallest absolute Gasteiger partial charge is 0.0252 e. The SMILES string of the molecule is CC(C)C1CN(C2CCCCC2)C(C2CCCCC2)CN1. The highest BCUT2D eigenvalue weighted by molar-refractivity contribution is 4.95. The molecule has 0 aromatic rings. The predicted molar refractivity (Wildman–Crippen MR) is 90.6 cm³/mol. The molecule has 122 valence electrons. The molecule has 2 atom stereocenters. The van der Waals surface area contributed by atoms with Gasteiger partial charge in [-0.25, -0.2) is 0 Å². The maximum atomic E-state index is 3.89. The molecule has 3 rings (SSSR count). The molecule has 1 saturated heterocycles. The molecule has 0 bridgehead atoms. The largest absolute Gasteiger partial charge is 0.311 e. The molecule has 2 heteroatoms. The molecule has 0 amide bonds. The summed E-state index contributed by atoms with van der Waals surface area (Å²) in [5.41, 5.74) is 0. The van der Waals surface area contributed by atoms with Crippen molar-refractivity contribution in [2.75, 3.05) is 13.1 Å². The van der Waals surface area contributed by atoms with E-state index in [0.717, 1.165) is 23.9 Å². The van der Waals surface area contributed by atoms with Crippen molar-refractivity contribution in [3.05, 3.63) is 0 Å². The fourth-order valence-corrected chi connectivity index (χ4v) is 5.05. The van der Waals surface area contributed by atoms with E-state index >= 15 is 0 Å². The third-order valence-corrected chi connectivity index (χ3v) is 6.47. The third kappa shape index (κ3) is 3.82. The first kappa shape index (κ1) is 15.8. The molecule has 2 unspecified atom stereocenters. The molecule has 2 nitrogen and oxygen atoms in total. The Morgan fingerprint density at radius 1 is 0.857 bits per heavy atom. The van der Waals surface area contributed by atoms with E-state index < -0.39 is 0 Å². The lowest BCUT2D eigenvalue weighted by Crippen LogP contribution is -2.63. The van der Waals surface area contributed by atoms with Gasteiger partial charge in [0, 0.05) is 31.2 Å². The first-order valence-electron chi connectivity index (χ1n) is 9.75. The van der Waals surface area contributed by atoms with Crippen LogP contribution in [0.4, 0.5) is 0 Å². The van der Waals surface area contributed by atoms with E-state index in [-0.39, 0.29) is 0 Å². The van der Waals surface area contributed by atoms with Gasteiger partial charge in [-0.05, 0) is 37.5 Å². The first-order valence-corrected chi connectivity index (χ1v) is 9.75. The van der Waals surface area contributed by atoms with Crippen LogP contribution in [0.25, 0.3) is 0 Å². The monoisotopic (exact) mass is 292 g/mol. The predicted octanol–water partition coefficient (Wildman–Crippen LogP) is 4.20. The van der Waals surface area contributed by atoms with Gasteiger partial charge in [0.2, 0.25) is 0 Å². The normalized spacial score (nSPS) is 34.4. The quantitative estimate of drug-likeness (QED) is 0.839. The lowest BCUT2D eigenvalue weighted by Gasteiger charge is -2.50. The van der Waals surface area contributed by atoms with Gasteiger partial charge in [0.15, 0.2) is 0 Å². The van der Waals surface area contributed by atoms with Gasteiger partial charge in [-0.3, -0.25) is 4.90 Å². The molecular weight excluding hydrogens is 256 g/mol. The fraction of sp³-hybridized carbons (Fsp3) is 1.00. The number of hydrogen-bond acceptors (Lipinski definition) is 2. The van der Waals surface area contributed by atoms with Gasteiger partial charge in [0.25, 0.3) is 0 Å². The van der Waals surface area contributed by atoms with E-state index in [2.05, 4.69) is 24.1 Å². The maximum Gasteiger partial charge on any atom is 0.0252 e. The Labute approximate surface area is 132 Å².